The quantitative estimate of drug-likeness (QED) is 0.320. The van der Waals surface area contributed by atoms with Gasteiger partial charge in [0.25, 0.3) is 11.5 Å². The second kappa shape index (κ2) is 11.4. The van der Waals surface area contributed by atoms with E-state index < -0.39 is 0 Å². The fourth-order valence-electron chi connectivity index (χ4n) is 4.59. The zero-order valence-electron chi connectivity index (χ0n) is 21.7. The van der Waals surface area contributed by atoms with E-state index in [-0.39, 0.29) is 11.5 Å². The lowest BCUT2D eigenvalue weighted by atomic mass is 10.0. The second-order valence-corrected chi connectivity index (χ2v) is 10.8. The molecule has 0 spiro atoms. The van der Waals surface area contributed by atoms with Crippen LogP contribution in [0.2, 0.25) is 5.02 Å². The predicted octanol–water partition coefficient (Wildman–Crippen LogP) is 5.73. The fraction of sp³-hybridized carbons (Fsp3) is 0.194. The first-order valence-corrected chi connectivity index (χ1v) is 13.9. The molecule has 1 saturated heterocycles. The van der Waals surface area contributed by atoms with E-state index in [0.29, 0.717) is 64.3 Å². The summed E-state index contributed by atoms with van der Waals surface area (Å²) in [5, 5.41) is 6.35. The third-order valence-corrected chi connectivity index (χ3v) is 7.60. The third kappa shape index (κ3) is 5.45. The zero-order chi connectivity index (χ0) is 27.5. The van der Waals surface area contributed by atoms with E-state index in [4.69, 9.17) is 23.0 Å². The Balaban J connectivity index is 1.78. The number of piperazine rings is 1. The molecule has 3 heterocycles. The van der Waals surface area contributed by atoms with Crippen LogP contribution < -0.4 is 10.9 Å². The molecule has 6 nitrogen and oxygen atoms in total. The smallest absolute Gasteiger partial charge is 0.265 e. The van der Waals surface area contributed by atoms with E-state index in [1.165, 1.54) is 11.3 Å². The highest BCUT2D eigenvalue weighted by atomic mass is 35.5. The summed E-state index contributed by atoms with van der Waals surface area (Å²) in [7, 11) is 0. The minimum atomic E-state index is -0.293. The maximum Gasteiger partial charge on any atom is 0.265 e. The average molecular weight is 555 g/mol. The fourth-order valence-corrected chi connectivity index (χ4v) is 5.55. The number of carbonyl (C=O) groups is 1. The number of benzene rings is 2. The molecule has 0 atom stereocenters. The molecule has 196 valence electrons. The third-order valence-electron chi connectivity index (χ3n) is 6.47. The highest BCUT2D eigenvalue weighted by Crippen LogP contribution is 2.31. The Bertz CT molecular complexity index is 1670. The molecule has 5 rings (SSSR count). The van der Waals surface area contributed by atoms with Crippen LogP contribution in [0.15, 0.2) is 70.3 Å². The van der Waals surface area contributed by atoms with Crippen molar-refractivity contribution in [3.8, 4) is 39.9 Å². The lowest BCUT2D eigenvalue weighted by molar-refractivity contribution is 0.0735. The molecule has 1 N–H and O–H groups in total. The molecule has 0 unspecified atom stereocenters. The molecule has 2 aromatic heterocycles. The molecular weight excluding hydrogens is 528 g/mol. The number of terminal acetylenes is 1. The van der Waals surface area contributed by atoms with E-state index in [2.05, 4.69) is 11.2 Å². The van der Waals surface area contributed by atoms with Gasteiger partial charge < -0.3 is 10.2 Å². The van der Waals surface area contributed by atoms with Gasteiger partial charge in [-0.15, -0.1) is 17.8 Å². The number of pyridine rings is 1. The Morgan fingerprint density at radius 2 is 1.85 bits per heavy atom. The Morgan fingerprint density at radius 1 is 1.13 bits per heavy atom. The van der Waals surface area contributed by atoms with Gasteiger partial charge in [-0.3, -0.25) is 14.2 Å². The number of thiazole rings is 1. The molecule has 2 aromatic carbocycles. The van der Waals surface area contributed by atoms with Gasteiger partial charge in [-0.25, -0.2) is 4.98 Å². The van der Waals surface area contributed by atoms with Crippen LogP contribution in [-0.4, -0.2) is 46.5 Å². The number of hydrogen-bond acceptors (Lipinski definition) is 5. The molecule has 4 aromatic rings. The normalized spacial score (nSPS) is 13.1. The molecule has 0 radical (unpaired) electrons. The van der Waals surface area contributed by atoms with Gasteiger partial charge >= 0.3 is 0 Å². The van der Waals surface area contributed by atoms with Crippen molar-refractivity contribution < 1.29 is 4.79 Å². The Hall–Kier alpha value is -3.96. The highest BCUT2D eigenvalue weighted by molar-refractivity contribution is 7.13. The number of carbonyl (C=O) groups excluding carboxylic acids is 1. The number of rotatable bonds is 5. The predicted molar refractivity (Wildman–Crippen MR) is 160 cm³/mol. The zero-order valence-corrected chi connectivity index (χ0v) is 23.3. The van der Waals surface area contributed by atoms with Gasteiger partial charge in [0, 0.05) is 47.7 Å². The van der Waals surface area contributed by atoms with Crippen molar-refractivity contribution in [3.63, 3.8) is 0 Å². The van der Waals surface area contributed by atoms with Gasteiger partial charge in [0.2, 0.25) is 0 Å². The maximum atomic E-state index is 14.3. The largest absolute Gasteiger partial charge is 0.336 e. The molecule has 0 bridgehead atoms. The number of amides is 1. The highest BCUT2D eigenvalue weighted by Gasteiger charge is 2.26. The van der Waals surface area contributed by atoms with Crippen molar-refractivity contribution in [2.45, 2.75) is 13.8 Å². The molecule has 8 heteroatoms. The number of halogens is 1. The summed E-state index contributed by atoms with van der Waals surface area (Å²) in [6.45, 7) is 6.48. The van der Waals surface area contributed by atoms with Crippen LogP contribution >= 0.6 is 22.9 Å². The second-order valence-electron chi connectivity index (χ2n) is 9.47. The van der Waals surface area contributed by atoms with E-state index >= 15 is 0 Å². The van der Waals surface area contributed by atoms with Crippen molar-refractivity contribution in [1.29, 1.82) is 0 Å². The van der Waals surface area contributed by atoms with Crippen molar-refractivity contribution in [2.75, 3.05) is 26.2 Å². The van der Waals surface area contributed by atoms with Crippen LogP contribution in [0.3, 0.4) is 0 Å². The molecule has 0 saturated carbocycles. The van der Waals surface area contributed by atoms with Crippen LogP contribution in [0.25, 0.3) is 33.6 Å². The first-order chi connectivity index (χ1) is 18.9. The van der Waals surface area contributed by atoms with Gasteiger partial charge in [-0.1, -0.05) is 47.4 Å². The molecule has 1 amide bonds. The van der Waals surface area contributed by atoms with Crippen molar-refractivity contribution in [3.05, 3.63) is 97.7 Å². The SMILES string of the molecule is C#Cc1ccccc1-n1c(C=C(C)C)c(C(=O)N2CCNCC2)cc(-c2nc(-c3ccc(Cl)cc3)cs2)c1=O. The summed E-state index contributed by atoms with van der Waals surface area (Å²) < 4.78 is 1.57. The van der Waals surface area contributed by atoms with Crippen molar-refractivity contribution >= 4 is 34.9 Å². The minimum absolute atomic E-state index is 0.133. The first kappa shape index (κ1) is 26.6. The lowest BCUT2D eigenvalue weighted by Gasteiger charge is -2.29. The van der Waals surface area contributed by atoms with Gasteiger partial charge in [0.05, 0.1) is 28.2 Å². The van der Waals surface area contributed by atoms with Crippen LogP contribution in [0.1, 0.15) is 35.5 Å². The van der Waals surface area contributed by atoms with Crippen LogP contribution in [-0.2, 0) is 0 Å². The number of nitrogens with zero attached hydrogens (tertiary/aromatic N) is 3. The molecule has 1 aliphatic rings. The van der Waals surface area contributed by atoms with Gasteiger partial charge in [0.1, 0.15) is 5.01 Å². The summed E-state index contributed by atoms with van der Waals surface area (Å²) in [4.78, 5) is 34.9. The van der Waals surface area contributed by atoms with Gasteiger partial charge in [-0.2, -0.15) is 0 Å². The number of nitrogens with one attached hydrogen (secondary N) is 1. The Morgan fingerprint density at radius 3 is 2.54 bits per heavy atom. The van der Waals surface area contributed by atoms with Crippen LogP contribution in [0.4, 0.5) is 0 Å². The van der Waals surface area contributed by atoms with E-state index in [0.717, 1.165) is 16.8 Å². The number of allylic oxidation sites excluding steroid dienone is 1. The summed E-state index contributed by atoms with van der Waals surface area (Å²) in [6, 6.07) is 16.3. The van der Waals surface area contributed by atoms with E-state index in [1.807, 2.05) is 60.5 Å². The molecule has 0 aliphatic carbocycles. The molecular formula is C31H27ClN4O2S. The molecule has 1 fully saturated rings. The van der Waals surface area contributed by atoms with E-state index in [1.54, 1.807) is 28.8 Å². The van der Waals surface area contributed by atoms with Crippen LogP contribution in [0.5, 0.6) is 0 Å². The maximum absolute atomic E-state index is 14.3. The van der Waals surface area contributed by atoms with Gasteiger partial charge in [-0.05, 0) is 50.3 Å². The van der Waals surface area contributed by atoms with E-state index in [9.17, 15) is 9.59 Å². The minimum Gasteiger partial charge on any atom is -0.336 e. The monoisotopic (exact) mass is 554 g/mol. The Kier molecular flexibility index (Phi) is 7.80. The average Bonchev–Trinajstić information content (AvgIpc) is 3.44. The molecule has 1 aliphatic heterocycles. The molecule has 39 heavy (non-hydrogen) atoms. The summed E-state index contributed by atoms with van der Waals surface area (Å²) in [6.07, 6.45) is 7.72. The number of aromatic nitrogens is 2. The number of para-hydroxylation sites is 1. The number of hydrogen-bond donors (Lipinski definition) is 1. The topological polar surface area (TPSA) is 67.2 Å². The van der Waals surface area contributed by atoms with Crippen molar-refractivity contribution in [1.82, 2.24) is 19.8 Å². The lowest BCUT2D eigenvalue weighted by Crippen LogP contribution is -2.47. The standard InChI is InChI=1S/C31H27ClN4O2S/c1-4-21-7-5-6-8-27(21)36-28(17-20(2)3)24(30(37)35-15-13-33-14-16-35)18-25(31(36)38)29-34-26(19-39-29)22-9-11-23(32)12-10-22/h1,5-12,17-19,33H,13-16H2,2-3H3. The summed E-state index contributed by atoms with van der Waals surface area (Å²) >= 11 is 7.42. The van der Waals surface area contributed by atoms with Crippen molar-refractivity contribution in [2.24, 2.45) is 0 Å². The van der Waals surface area contributed by atoms with Gasteiger partial charge in [0.15, 0.2) is 0 Å². The summed E-state index contributed by atoms with van der Waals surface area (Å²) in [5.41, 5.74) is 4.65. The summed E-state index contributed by atoms with van der Waals surface area (Å²) in [5.74, 6) is 2.56. The first-order valence-electron chi connectivity index (χ1n) is 12.6. The Labute approximate surface area is 236 Å². The van der Waals surface area contributed by atoms with Crippen LogP contribution in [0, 0.1) is 12.3 Å².